The van der Waals surface area contributed by atoms with Crippen molar-refractivity contribution in [2.45, 2.75) is 6.42 Å². The molecule has 0 aliphatic rings. The second-order valence-corrected chi connectivity index (χ2v) is 7.15. The lowest BCUT2D eigenvalue weighted by Gasteiger charge is -2.19. The molecule has 0 unspecified atom stereocenters. The van der Waals surface area contributed by atoms with Gasteiger partial charge in [-0.15, -0.1) is 11.7 Å². The van der Waals surface area contributed by atoms with Gasteiger partial charge in [-0.05, 0) is 24.1 Å². The molecule has 0 fully saturated rings. The molecule has 1 heterocycles. The summed E-state index contributed by atoms with van der Waals surface area (Å²) in [4.78, 5) is 19.7. The lowest BCUT2D eigenvalue weighted by Crippen LogP contribution is -2.34. The van der Waals surface area contributed by atoms with Crippen LogP contribution in [0, 0.1) is 0 Å². The van der Waals surface area contributed by atoms with E-state index in [0.29, 0.717) is 18.9 Å². The zero-order chi connectivity index (χ0) is 21.5. The highest BCUT2D eigenvalue weighted by atomic mass is 16.2. The van der Waals surface area contributed by atoms with E-state index < -0.39 is 0 Å². The molecule has 0 aliphatic carbocycles. The zero-order valence-corrected chi connectivity index (χ0v) is 17.3. The van der Waals surface area contributed by atoms with Gasteiger partial charge < -0.3 is 4.90 Å². The average Bonchev–Trinajstić information content (AvgIpc) is 3.29. The van der Waals surface area contributed by atoms with Crippen molar-refractivity contribution in [3.05, 3.63) is 115 Å². The third kappa shape index (κ3) is 4.78. The number of carbonyl (C=O) groups excluding carboxylic acids is 1. The molecule has 4 rings (SSSR count). The van der Waals surface area contributed by atoms with Gasteiger partial charge in [-0.1, -0.05) is 84.9 Å². The number of aromatic nitrogens is 3. The van der Waals surface area contributed by atoms with Crippen molar-refractivity contribution < 1.29 is 4.79 Å². The largest absolute Gasteiger partial charge is 0.332 e. The van der Waals surface area contributed by atoms with Crippen LogP contribution in [0.5, 0.6) is 0 Å². The van der Waals surface area contributed by atoms with E-state index in [1.54, 1.807) is 15.7 Å². The summed E-state index contributed by atoms with van der Waals surface area (Å²) < 4.78 is 1.73. The molecule has 0 N–H and O–H groups in total. The number of carbonyl (C=O) groups is 1. The summed E-state index contributed by atoms with van der Waals surface area (Å²) in [6.07, 6.45) is 2.49. The van der Waals surface area contributed by atoms with E-state index in [1.807, 2.05) is 78.9 Å². The average molecular weight is 409 g/mol. The van der Waals surface area contributed by atoms with Crippen molar-refractivity contribution in [3.63, 3.8) is 0 Å². The Balaban J connectivity index is 1.66. The fourth-order valence-corrected chi connectivity index (χ4v) is 3.41. The van der Waals surface area contributed by atoms with Crippen LogP contribution in [0.2, 0.25) is 0 Å². The van der Waals surface area contributed by atoms with Crippen molar-refractivity contribution >= 4 is 5.91 Å². The topological polar surface area (TPSA) is 51.0 Å². The highest BCUT2D eigenvalue weighted by Gasteiger charge is 2.23. The lowest BCUT2D eigenvalue weighted by atomic mass is 10.1. The molecular formula is C26H24N4O. The number of hydrogen-bond acceptors (Lipinski definition) is 3. The Morgan fingerprint density at radius 3 is 2.16 bits per heavy atom. The van der Waals surface area contributed by atoms with E-state index in [4.69, 9.17) is 0 Å². The van der Waals surface area contributed by atoms with E-state index in [1.165, 1.54) is 5.56 Å². The zero-order valence-electron chi connectivity index (χ0n) is 17.3. The van der Waals surface area contributed by atoms with Crippen LogP contribution in [0.1, 0.15) is 16.2 Å². The minimum Gasteiger partial charge on any atom is -0.332 e. The molecule has 0 atom stereocenters. The molecule has 5 heteroatoms. The van der Waals surface area contributed by atoms with E-state index in [2.05, 4.69) is 28.8 Å². The first kappa shape index (κ1) is 20.3. The fraction of sp³-hybridized carbons (Fsp3) is 0.115. The Morgan fingerprint density at radius 2 is 1.52 bits per heavy atom. The summed E-state index contributed by atoms with van der Waals surface area (Å²) in [5.74, 6) is 0.608. The van der Waals surface area contributed by atoms with Crippen LogP contribution in [-0.2, 0) is 6.42 Å². The quantitative estimate of drug-likeness (QED) is 0.393. The van der Waals surface area contributed by atoms with Crippen molar-refractivity contribution in [3.8, 4) is 17.1 Å². The van der Waals surface area contributed by atoms with Gasteiger partial charge in [0.1, 0.15) is 0 Å². The van der Waals surface area contributed by atoms with Crippen LogP contribution in [0.15, 0.2) is 104 Å². The second-order valence-electron chi connectivity index (χ2n) is 7.15. The second kappa shape index (κ2) is 9.67. The molecule has 4 aromatic rings. The fourth-order valence-electron chi connectivity index (χ4n) is 3.41. The van der Waals surface area contributed by atoms with Crippen LogP contribution >= 0.6 is 0 Å². The van der Waals surface area contributed by atoms with Gasteiger partial charge in [-0.2, -0.15) is 0 Å². The summed E-state index contributed by atoms with van der Waals surface area (Å²) in [5.41, 5.74) is 2.93. The molecule has 0 saturated carbocycles. The van der Waals surface area contributed by atoms with Gasteiger partial charge in [0.2, 0.25) is 5.82 Å². The molecule has 1 amide bonds. The SMILES string of the molecule is C=CCN(CCc1ccccc1)C(=O)c1nc(-c2ccccc2)n(-c2ccccc2)n1. The normalized spacial score (nSPS) is 10.6. The van der Waals surface area contributed by atoms with E-state index in [-0.39, 0.29) is 11.7 Å². The van der Waals surface area contributed by atoms with Gasteiger partial charge in [0.25, 0.3) is 5.91 Å². The van der Waals surface area contributed by atoms with Crippen LogP contribution in [-0.4, -0.2) is 38.7 Å². The predicted molar refractivity (Wildman–Crippen MR) is 123 cm³/mol. The van der Waals surface area contributed by atoms with Gasteiger partial charge in [0, 0.05) is 18.7 Å². The van der Waals surface area contributed by atoms with E-state index in [9.17, 15) is 4.79 Å². The number of amides is 1. The van der Waals surface area contributed by atoms with Gasteiger partial charge in [0.05, 0.1) is 5.69 Å². The van der Waals surface area contributed by atoms with Crippen molar-refractivity contribution in [2.75, 3.05) is 13.1 Å². The van der Waals surface area contributed by atoms with Crippen LogP contribution < -0.4 is 0 Å². The number of rotatable bonds is 8. The Hall–Kier alpha value is -3.99. The Kier molecular flexibility index (Phi) is 6.33. The molecule has 0 aliphatic heterocycles. The van der Waals surface area contributed by atoms with Crippen LogP contribution in [0.3, 0.4) is 0 Å². The van der Waals surface area contributed by atoms with Crippen LogP contribution in [0.4, 0.5) is 0 Å². The van der Waals surface area contributed by atoms with Gasteiger partial charge in [-0.3, -0.25) is 4.79 Å². The first-order valence-electron chi connectivity index (χ1n) is 10.3. The summed E-state index contributed by atoms with van der Waals surface area (Å²) in [7, 11) is 0. The number of hydrogen-bond donors (Lipinski definition) is 0. The standard InChI is InChI=1S/C26H24N4O/c1-2-19-29(20-18-21-12-6-3-7-13-21)26(31)24-27-25(22-14-8-4-9-15-22)30(28-24)23-16-10-5-11-17-23/h2-17H,1,18-20H2. The molecule has 0 bridgehead atoms. The maximum atomic E-state index is 13.3. The smallest absolute Gasteiger partial charge is 0.293 e. The van der Waals surface area contributed by atoms with Crippen molar-refractivity contribution in [2.24, 2.45) is 0 Å². The van der Waals surface area contributed by atoms with E-state index in [0.717, 1.165) is 17.7 Å². The lowest BCUT2D eigenvalue weighted by molar-refractivity contribution is 0.0763. The number of nitrogens with zero attached hydrogens (tertiary/aromatic N) is 4. The Labute approximate surface area is 182 Å². The predicted octanol–water partition coefficient (Wildman–Crippen LogP) is 4.81. The number of para-hydroxylation sites is 1. The molecule has 5 nitrogen and oxygen atoms in total. The van der Waals surface area contributed by atoms with Crippen molar-refractivity contribution in [1.82, 2.24) is 19.7 Å². The molecule has 0 saturated heterocycles. The molecule has 3 aromatic carbocycles. The number of benzene rings is 3. The highest BCUT2D eigenvalue weighted by Crippen LogP contribution is 2.21. The molecule has 0 radical (unpaired) electrons. The third-order valence-corrected chi connectivity index (χ3v) is 4.98. The monoisotopic (exact) mass is 408 g/mol. The Bertz CT molecular complexity index is 1080. The summed E-state index contributed by atoms with van der Waals surface area (Å²) >= 11 is 0. The van der Waals surface area contributed by atoms with Crippen molar-refractivity contribution in [1.29, 1.82) is 0 Å². The molecule has 31 heavy (non-hydrogen) atoms. The molecular weight excluding hydrogens is 384 g/mol. The maximum absolute atomic E-state index is 13.3. The third-order valence-electron chi connectivity index (χ3n) is 4.98. The first-order valence-corrected chi connectivity index (χ1v) is 10.3. The van der Waals surface area contributed by atoms with Crippen LogP contribution in [0.25, 0.3) is 17.1 Å². The Morgan fingerprint density at radius 1 is 0.903 bits per heavy atom. The van der Waals surface area contributed by atoms with Gasteiger partial charge in [-0.25, -0.2) is 9.67 Å². The molecule has 0 spiro atoms. The minimum atomic E-state index is -0.206. The summed E-state index contributed by atoms with van der Waals surface area (Å²) in [6, 6.07) is 29.6. The first-order chi connectivity index (χ1) is 15.3. The summed E-state index contributed by atoms with van der Waals surface area (Å²) in [6.45, 7) is 4.81. The van der Waals surface area contributed by atoms with Gasteiger partial charge in [0.15, 0.2) is 5.82 Å². The van der Waals surface area contributed by atoms with E-state index >= 15 is 0 Å². The van der Waals surface area contributed by atoms with Gasteiger partial charge >= 0.3 is 0 Å². The maximum Gasteiger partial charge on any atom is 0.293 e. The minimum absolute atomic E-state index is 0.178. The molecule has 154 valence electrons. The molecule has 1 aromatic heterocycles. The highest BCUT2D eigenvalue weighted by molar-refractivity contribution is 5.91. The summed E-state index contributed by atoms with van der Waals surface area (Å²) in [5, 5.41) is 4.59.